The van der Waals surface area contributed by atoms with Crippen LogP contribution >= 0.6 is 23.2 Å². The third-order valence-corrected chi connectivity index (χ3v) is 4.08. The van der Waals surface area contributed by atoms with Crippen LogP contribution in [-0.4, -0.2) is 17.6 Å². The van der Waals surface area contributed by atoms with Gasteiger partial charge in [0, 0.05) is 10.9 Å². The van der Waals surface area contributed by atoms with Crippen molar-refractivity contribution in [2.75, 3.05) is 6.61 Å². The summed E-state index contributed by atoms with van der Waals surface area (Å²) in [5, 5.41) is 0.851. The Balaban J connectivity index is 2.43. The van der Waals surface area contributed by atoms with Crippen molar-refractivity contribution in [3.63, 3.8) is 0 Å². The summed E-state index contributed by atoms with van der Waals surface area (Å²) >= 11 is 12.2. The largest absolute Gasteiger partial charge is 0.462 e. The van der Waals surface area contributed by atoms with E-state index in [2.05, 4.69) is 4.98 Å². The molecule has 0 aliphatic carbocycles. The molecular formula is C19H15Cl2NO2. The highest BCUT2D eigenvalue weighted by Gasteiger charge is 2.26. The number of alkyl halides is 2. The van der Waals surface area contributed by atoms with E-state index in [1.807, 2.05) is 54.6 Å². The molecule has 3 aromatic rings. The molecule has 3 rings (SSSR count). The molecule has 0 aliphatic rings. The lowest BCUT2D eigenvalue weighted by atomic mass is 9.94. The van der Waals surface area contributed by atoms with Gasteiger partial charge in [0.05, 0.1) is 23.4 Å². The van der Waals surface area contributed by atoms with Crippen LogP contribution in [0.5, 0.6) is 0 Å². The van der Waals surface area contributed by atoms with Crippen molar-refractivity contribution >= 4 is 40.1 Å². The number of hydrogen-bond acceptors (Lipinski definition) is 3. The van der Waals surface area contributed by atoms with Crippen LogP contribution < -0.4 is 0 Å². The van der Waals surface area contributed by atoms with Crippen LogP contribution in [-0.2, 0) is 4.74 Å². The molecule has 3 nitrogen and oxygen atoms in total. The highest BCUT2D eigenvalue weighted by atomic mass is 35.5. The predicted molar refractivity (Wildman–Crippen MR) is 97.6 cm³/mol. The number of benzene rings is 2. The molecular weight excluding hydrogens is 345 g/mol. The van der Waals surface area contributed by atoms with Gasteiger partial charge in [-0.3, -0.25) is 0 Å². The number of pyridine rings is 1. The molecule has 5 heteroatoms. The van der Waals surface area contributed by atoms with Crippen LogP contribution in [0.1, 0.15) is 27.8 Å². The molecule has 0 unspecified atom stereocenters. The third-order valence-electron chi connectivity index (χ3n) is 3.67. The fraction of sp³-hybridized carbons (Fsp3) is 0.158. The van der Waals surface area contributed by atoms with E-state index in [9.17, 15) is 4.79 Å². The lowest BCUT2D eigenvalue weighted by Gasteiger charge is -2.17. The lowest BCUT2D eigenvalue weighted by molar-refractivity contribution is 0.0526. The summed E-state index contributed by atoms with van der Waals surface area (Å²) in [6.45, 7) is 2.02. The van der Waals surface area contributed by atoms with Crippen molar-refractivity contribution in [3.8, 4) is 11.1 Å². The standard InChI is InChI=1S/C19H15Cl2NO2/c1-2-24-19(23)16-15(12-8-4-3-5-9-12)13-10-6-7-11-14(13)22-17(16)18(20)21/h3-11,18H,2H2,1H3. The minimum atomic E-state index is -0.934. The van der Waals surface area contributed by atoms with E-state index in [0.29, 0.717) is 11.3 Å². The maximum Gasteiger partial charge on any atom is 0.340 e. The van der Waals surface area contributed by atoms with E-state index >= 15 is 0 Å². The molecule has 24 heavy (non-hydrogen) atoms. The summed E-state index contributed by atoms with van der Waals surface area (Å²) in [5.41, 5.74) is 2.98. The van der Waals surface area contributed by atoms with E-state index < -0.39 is 10.8 Å². The lowest BCUT2D eigenvalue weighted by Crippen LogP contribution is -2.12. The summed E-state index contributed by atoms with van der Waals surface area (Å²) in [7, 11) is 0. The first-order chi connectivity index (χ1) is 11.6. The van der Waals surface area contributed by atoms with E-state index in [1.165, 1.54) is 0 Å². The van der Waals surface area contributed by atoms with Crippen LogP contribution in [0, 0.1) is 0 Å². The Bertz CT molecular complexity index is 879. The maximum absolute atomic E-state index is 12.6. The van der Waals surface area contributed by atoms with Gasteiger partial charge < -0.3 is 4.74 Å². The smallest absolute Gasteiger partial charge is 0.340 e. The molecule has 1 heterocycles. The van der Waals surface area contributed by atoms with Crippen molar-refractivity contribution in [1.29, 1.82) is 0 Å². The Morgan fingerprint density at radius 3 is 2.42 bits per heavy atom. The van der Waals surface area contributed by atoms with Gasteiger partial charge in [-0.15, -0.1) is 0 Å². The van der Waals surface area contributed by atoms with Gasteiger partial charge in [-0.05, 0) is 18.6 Å². The number of carbonyl (C=O) groups is 1. The van der Waals surface area contributed by atoms with Crippen LogP contribution in [0.15, 0.2) is 54.6 Å². The number of esters is 1. The number of ether oxygens (including phenoxy) is 1. The van der Waals surface area contributed by atoms with Gasteiger partial charge >= 0.3 is 5.97 Å². The molecule has 0 saturated heterocycles. The molecule has 122 valence electrons. The number of aromatic nitrogens is 1. The Hall–Kier alpha value is -2.10. The second-order valence-electron chi connectivity index (χ2n) is 5.15. The zero-order valence-corrected chi connectivity index (χ0v) is 14.5. The number of para-hydroxylation sites is 1. The average molecular weight is 360 g/mol. The summed E-state index contributed by atoms with van der Waals surface area (Å²) in [5.74, 6) is -0.476. The highest BCUT2D eigenvalue weighted by molar-refractivity contribution is 6.44. The molecule has 0 spiro atoms. The fourth-order valence-electron chi connectivity index (χ4n) is 2.70. The number of fused-ring (bicyclic) bond motifs is 1. The average Bonchev–Trinajstić information content (AvgIpc) is 2.60. The van der Waals surface area contributed by atoms with Crippen LogP contribution in [0.25, 0.3) is 22.0 Å². The second kappa shape index (κ2) is 7.20. The van der Waals surface area contributed by atoms with Gasteiger partial charge in [0.25, 0.3) is 0 Å². The number of halogens is 2. The molecule has 0 atom stereocenters. The normalized spacial score (nSPS) is 11.0. The topological polar surface area (TPSA) is 39.2 Å². The number of rotatable bonds is 4. The zero-order valence-electron chi connectivity index (χ0n) is 13.0. The monoisotopic (exact) mass is 359 g/mol. The first kappa shape index (κ1) is 16.7. The van der Waals surface area contributed by atoms with Crippen molar-refractivity contribution in [2.45, 2.75) is 11.8 Å². The minimum absolute atomic E-state index is 0.258. The third kappa shape index (κ3) is 3.10. The predicted octanol–water partition coefficient (Wildman–Crippen LogP) is 5.55. The van der Waals surface area contributed by atoms with E-state index in [-0.39, 0.29) is 6.61 Å². The van der Waals surface area contributed by atoms with Gasteiger partial charge in [-0.1, -0.05) is 71.7 Å². The number of hydrogen-bond donors (Lipinski definition) is 0. The fourth-order valence-corrected chi connectivity index (χ4v) is 3.02. The minimum Gasteiger partial charge on any atom is -0.462 e. The van der Waals surface area contributed by atoms with Crippen LogP contribution in [0.3, 0.4) is 0 Å². The van der Waals surface area contributed by atoms with Crippen LogP contribution in [0.2, 0.25) is 0 Å². The first-order valence-corrected chi connectivity index (χ1v) is 8.44. The summed E-state index contributed by atoms with van der Waals surface area (Å²) in [4.78, 5) is 16.2. The summed E-state index contributed by atoms with van der Waals surface area (Å²) < 4.78 is 5.23. The molecule has 0 amide bonds. The molecule has 0 radical (unpaired) electrons. The summed E-state index contributed by atoms with van der Waals surface area (Å²) in [6.07, 6.45) is 0. The van der Waals surface area contributed by atoms with E-state index in [4.69, 9.17) is 27.9 Å². The number of carbonyl (C=O) groups excluding carboxylic acids is 1. The van der Waals surface area contributed by atoms with Gasteiger partial charge in [0.1, 0.15) is 4.84 Å². The molecule has 0 saturated carbocycles. The maximum atomic E-state index is 12.6. The summed E-state index contributed by atoms with van der Waals surface area (Å²) in [6, 6.07) is 17.2. The molecule has 0 bridgehead atoms. The Morgan fingerprint density at radius 2 is 1.75 bits per heavy atom. The molecule has 1 aromatic heterocycles. The Kier molecular flexibility index (Phi) is 5.03. The van der Waals surface area contributed by atoms with E-state index in [1.54, 1.807) is 6.92 Å². The van der Waals surface area contributed by atoms with Gasteiger partial charge in [0.2, 0.25) is 0 Å². The van der Waals surface area contributed by atoms with Gasteiger partial charge in [-0.25, -0.2) is 9.78 Å². The molecule has 0 fully saturated rings. The van der Waals surface area contributed by atoms with Crippen molar-refractivity contribution in [1.82, 2.24) is 4.98 Å². The second-order valence-corrected chi connectivity index (χ2v) is 6.25. The first-order valence-electron chi connectivity index (χ1n) is 7.56. The Morgan fingerprint density at radius 1 is 1.08 bits per heavy atom. The van der Waals surface area contributed by atoms with Gasteiger partial charge in [-0.2, -0.15) is 0 Å². The SMILES string of the molecule is CCOC(=O)c1c(C(Cl)Cl)nc2ccccc2c1-c1ccccc1. The van der Waals surface area contributed by atoms with Crippen molar-refractivity contribution in [3.05, 3.63) is 65.9 Å². The van der Waals surface area contributed by atoms with Crippen molar-refractivity contribution < 1.29 is 9.53 Å². The van der Waals surface area contributed by atoms with E-state index in [0.717, 1.165) is 22.0 Å². The quantitative estimate of drug-likeness (QED) is 0.452. The number of nitrogens with zero attached hydrogens (tertiary/aromatic N) is 1. The molecule has 2 aromatic carbocycles. The van der Waals surface area contributed by atoms with Crippen molar-refractivity contribution in [2.24, 2.45) is 0 Å². The zero-order chi connectivity index (χ0) is 17.1. The highest BCUT2D eigenvalue weighted by Crippen LogP contribution is 2.38. The van der Waals surface area contributed by atoms with Crippen LogP contribution in [0.4, 0.5) is 0 Å². The van der Waals surface area contributed by atoms with Gasteiger partial charge in [0.15, 0.2) is 0 Å². The molecule has 0 N–H and O–H groups in total. The molecule has 0 aliphatic heterocycles. The Labute approximate surface area is 150 Å².